The molecule has 3 aromatic rings. The molecular formula is C18H20N6O2. The number of aromatic amines is 1. The Kier molecular flexibility index (Phi) is 3.95. The maximum Gasteiger partial charge on any atom is 0.286 e. The second-order valence-corrected chi connectivity index (χ2v) is 6.58. The average molecular weight is 352 g/mol. The zero-order chi connectivity index (χ0) is 18.3. The van der Waals surface area contributed by atoms with Crippen LogP contribution in [-0.4, -0.2) is 56.1 Å². The summed E-state index contributed by atoms with van der Waals surface area (Å²) in [5, 5.41) is 2.68. The molecule has 134 valence electrons. The number of nitrogens with zero attached hydrogens (tertiary/aromatic N) is 5. The summed E-state index contributed by atoms with van der Waals surface area (Å²) in [5.41, 5.74) is 2.03. The van der Waals surface area contributed by atoms with Crippen molar-refractivity contribution in [1.82, 2.24) is 24.5 Å². The number of aromatic nitrogens is 4. The number of carbonyl (C=O) groups is 1. The summed E-state index contributed by atoms with van der Waals surface area (Å²) in [5.74, 6) is -0.0348. The van der Waals surface area contributed by atoms with Gasteiger partial charge in [-0.25, -0.2) is 9.97 Å². The van der Waals surface area contributed by atoms with E-state index in [1.54, 1.807) is 4.90 Å². The van der Waals surface area contributed by atoms with Gasteiger partial charge < -0.3 is 9.80 Å². The quantitative estimate of drug-likeness (QED) is 0.746. The van der Waals surface area contributed by atoms with Crippen LogP contribution in [0.5, 0.6) is 0 Å². The fraction of sp³-hybridized carbons (Fsp3) is 0.333. The molecule has 8 nitrogen and oxygen atoms in total. The van der Waals surface area contributed by atoms with Gasteiger partial charge in [0.15, 0.2) is 0 Å². The summed E-state index contributed by atoms with van der Waals surface area (Å²) in [7, 11) is 0. The molecule has 8 heteroatoms. The second-order valence-electron chi connectivity index (χ2n) is 6.58. The number of hydrogen-bond acceptors (Lipinski definition) is 5. The van der Waals surface area contributed by atoms with Crippen LogP contribution in [0.1, 0.15) is 22.8 Å². The Hall–Kier alpha value is -3.16. The number of anilines is 1. The van der Waals surface area contributed by atoms with Gasteiger partial charge in [-0.2, -0.15) is 4.52 Å². The molecule has 26 heavy (non-hydrogen) atoms. The van der Waals surface area contributed by atoms with Crippen LogP contribution < -0.4 is 10.5 Å². The van der Waals surface area contributed by atoms with Crippen LogP contribution in [0.15, 0.2) is 41.6 Å². The van der Waals surface area contributed by atoms with Crippen molar-refractivity contribution in [2.24, 2.45) is 0 Å². The van der Waals surface area contributed by atoms with Gasteiger partial charge in [-0.1, -0.05) is 18.2 Å². The Labute approximate surface area is 150 Å². The zero-order valence-electron chi connectivity index (χ0n) is 14.7. The molecular weight excluding hydrogens is 332 g/mol. The number of para-hydroxylation sites is 1. The summed E-state index contributed by atoms with van der Waals surface area (Å²) in [6, 6.07) is 8.22. The van der Waals surface area contributed by atoms with E-state index in [1.807, 2.05) is 19.1 Å². The number of H-pyrrole nitrogens is 1. The van der Waals surface area contributed by atoms with Gasteiger partial charge in [0.05, 0.1) is 0 Å². The largest absolute Gasteiger partial charge is 0.367 e. The molecule has 0 spiro atoms. The minimum atomic E-state index is -0.425. The predicted molar refractivity (Wildman–Crippen MR) is 97.5 cm³/mol. The van der Waals surface area contributed by atoms with Crippen LogP contribution in [-0.2, 0) is 0 Å². The topological polar surface area (TPSA) is 86.6 Å². The molecule has 1 aliphatic heterocycles. The highest BCUT2D eigenvalue weighted by molar-refractivity contribution is 5.94. The van der Waals surface area contributed by atoms with Crippen molar-refractivity contribution < 1.29 is 4.79 Å². The van der Waals surface area contributed by atoms with Crippen LogP contribution >= 0.6 is 0 Å². The maximum absolute atomic E-state index is 12.9. The van der Waals surface area contributed by atoms with Crippen molar-refractivity contribution in [3.05, 3.63) is 58.3 Å². The third-order valence-electron chi connectivity index (χ3n) is 4.88. The number of benzene rings is 1. The van der Waals surface area contributed by atoms with Gasteiger partial charge >= 0.3 is 0 Å². The van der Waals surface area contributed by atoms with Gasteiger partial charge in [0.25, 0.3) is 17.2 Å². The summed E-state index contributed by atoms with van der Waals surface area (Å²) < 4.78 is 1.18. The number of rotatable bonds is 2. The highest BCUT2D eigenvalue weighted by Gasteiger charge is 2.30. The van der Waals surface area contributed by atoms with E-state index < -0.39 is 5.56 Å². The Morgan fingerprint density at radius 3 is 2.81 bits per heavy atom. The van der Waals surface area contributed by atoms with Crippen LogP contribution in [0.4, 0.5) is 5.69 Å². The molecule has 1 amide bonds. The lowest BCUT2D eigenvalue weighted by Crippen LogP contribution is -2.55. The third kappa shape index (κ3) is 2.63. The van der Waals surface area contributed by atoms with E-state index in [-0.39, 0.29) is 23.3 Å². The first kappa shape index (κ1) is 16.3. The van der Waals surface area contributed by atoms with Gasteiger partial charge in [-0.05, 0) is 25.5 Å². The van der Waals surface area contributed by atoms with Gasteiger partial charge in [0.2, 0.25) is 0 Å². The Morgan fingerprint density at radius 1 is 1.23 bits per heavy atom. The molecule has 1 aromatic carbocycles. The molecule has 3 heterocycles. The average Bonchev–Trinajstić information content (AvgIpc) is 3.11. The Bertz CT molecular complexity index is 1020. The highest BCUT2D eigenvalue weighted by Crippen LogP contribution is 2.23. The van der Waals surface area contributed by atoms with Crippen LogP contribution in [0.25, 0.3) is 5.78 Å². The number of piperazine rings is 1. The fourth-order valence-electron chi connectivity index (χ4n) is 3.50. The summed E-state index contributed by atoms with van der Waals surface area (Å²) in [6.45, 7) is 6.09. The summed E-state index contributed by atoms with van der Waals surface area (Å²) >= 11 is 0. The number of fused-ring (bicyclic) bond motifs is 1. The number of carbonyl (C=O) groups excluding carboxylic acids is 1. The molecule has 0 radical (unpaired) electrons. The Morgan fingerprint density at radius 2 is 2.04 bits per heavy atom. The van der Waals surface area contributed by atoms with Crippen molar-refractivity contribution in [2.45, 2.75) is 19.9 Å². The minimum Gasteiger partial charge on any atom is -0.367 e. The van der Waals surface area contributed by atoms with E-state index in [1.165, 1.54) is 28.3 Å². The van der Waals surface area contributed by atoms with E-state index >= 15 is 0 Å². The highest BCUT2D eigenvalue weighted by atomic mass is 16.2. The molecule has 0 aliphatic carbocycles. The van der Waals surface area contributed by atoms with E-state index in [2.05, 4.69) is 39.0 Å². The van der Waals surface area contributed by atoms with Gasteiger partial charge in [-0.3, -0.25) is 14.7 Å². The first-order chi connectivity index (χ1) is 12.6. The van der Waals surface area contributed by atoms with Gasteiger partial charge in [0, 0.05) is 37.6 Å². The molecule has 1 fully saturated rings. The van der Waals surface area contributed by atoms with Crippen molar-refractivity contribution in [3.63, 3.8) is 0 Å². The smallest absolute Gasteiger partial charge is 0.286 e. The second kappa shape index (κ2) is 6.29. The molecule has 1 N–H and O–H groups in total. The number of hydrogen-bond donors (Lipinski definition) is 1. The molecule has 0 unspecified atom stereocenters. The van der Waals surface area contributed by atoms with Crippen molar-refractivity contribution in [1.29, 1.82) is 0 Å². The molecule has 1 aliphatic rings. The fourth-order valence-corrected chi connectivity index (χ4v) is 3.50. The molecule has 0 bridgehead atoms. The van der Waals surface area contributed by atoms with Crippen molar-refractivity contribution in [2.75, 3.05) is 24.5 Å². The third-order valence-corrected chi connectivity index (χ3v) is 4.88. The van der Waals surface area contributed by atoms with Crippen LogP contribution in [0.2, 0.25) is 0 Å². The van der Waals surface area contributed by atoms with E-state index in [4.69, 9.17) is 0 Å². The molecule has 0 saturated carbocycles. The van der Waals surface area contributed by atoms with E-state index in [0.717, 1.165) is 13.1 Å². The lowest BCUT2D eigenvalue weighted by atomic mass is 10.1. The van der Waals surface area contributed by atoms with Gasteiger partial charge in [0.1, 0.15) is 11.9 Å². The minimum absolute atomic E-state index is 0.0160. The number of amides is 1. The first-order valence-corrected chi connectivity index (χ1v) is 8.59. The standard InChI is InChI=1S/C18H20N6O2/c1-12-5-3-4-6-15(12)22-7-8-23(13(2)10-22)16(25)14-9-19-18-20-11-21-24(18)17(14)26/h3-6,9,11,13H,7-8,10H2,1-2H3,(H,19,20,21)/t13-/m0/s1. The Balaban J connectivity index is 1.57. The lowest BCUT2D eigenvalue weighted by Gasteiger charge is -2.41. The summed E-state index contributed by atoms with van der Waals surface area (Å²) in [6.07, 6.45) is 2.70. The van der Waals surface area contributed by atoms with Crippen LogP contribution in [0, 0.1) is 6.92 Å². The lowest BCUT2D eigenvalue weighted by molar-refractivity contribution is 0.0671. The van der Waals surface area contributed by atoms with Crippen molar-refractivity contribution >= 4 is 17.4 Å². The predicted octanol–water partition coefficient (Wildman–Crippen LogP) is 1.08. The first-order valence-electron chi connectivity index (χ1n) is 8.59. The van der Waals surface area contributed by atoms with E-state index in [0.29, 0.717) is 6.54 Å². The monoisotopic (exact) mass is 352 g/mol. The molecule has 2 aromatic heterocycles. The SMILES string of the molecule is Cc1ccccc1N1CCN(C(=O)c2cnc3nc[nH]n3c2=O)[C@@H](C)C1. The number of nitrogens with one attached hydrogen (secondary N) is 1. The van der Waals surface area contributed by atoms with E-state index in [9.17, 15) is 9.59 Å². The normalized spacial score (nSPS) is 17.7. The van der Waals surface area contributed by atoms with Crippen LogP contribution in [0.3, 0.4) is 0 Å². The zero-order valence-corrected chi connectivity index (χ0v) is 14.7. The van der Waals surface area contributed by atoms with Crippen molar-refractivity contribution in [3.8, 4) is 0 Å². The number of aryl methyl sites for hydroxylation is 1. The molecule has 1 saturated heterocycles. The molecule has 1 atom stereocenters. The maximum atomic E-state index is 12.9. The van der Waals surface area contributed by atoms with Gasteiger partial charge in [-0.15, -0.1) is 0 Å². The molecule has 4 rings (SSSR count). The summed E-state index contributed by atoms with van der Waals surface area (Å²) in [4.78, 5) is 37.5.